The van der Waals surface area contributed by atoms with E-state index in [9.17, 15) is 4.79 Å². The lowest BCUT2D eigenvalue weighted by Gasteiger charge is -2.19. The van der Waals surface area contributed by atoms with Crippen molar-refractivity contribution in [2.45, 2.75) is 70.3 Å². The second-order valence-corrected chi connectivity index (χ2v) is 8.21. The Morgan fingerprint density at radius 1 is 1.12 bits per heavy atom. The van der Waals surface area contributed by atoms with Crippen molar-refractivity contribution >= 4 is 39.6 Å². The van der Waals surface area contributed by atoms with Crippen molar-refractivity contribution in [2.75, 3.05) is 12.4 Å². The van der Waals surface area contributed by atoms with Gasteiger partial charge in [-0.25, -0.2) is 4.79 Å². The van der Waals surface area contributed by atoms with Crippen molar-refractivity contribution in [1.29, 1.82) is 0 Å². The molecule has 0 spiro atoms. The molecule has 0 atom stereocenters. The van der Waals surface area contributed by atoms with Gasteiger partial charge in [0.15, 0.2) is 5.11 Å². The van der Waals surface area contributed by atoms with Gasteiger partial charge >= 0.3 is 5.97 Å². The first-order valence-corrected chi connectivity index (χ1v) is 10.2. The Hall–Kier alpha value is -1.14. The average Bonchev–Trinajstić information content (AvgIpc) is 2.75. The molecule has 1 saturated carbocycles. The highest BCUT2D eigenvalue weighted by Crippen LogP contribution is 2.38. The molecule has 1 aromatic heterocycles. The Bertz CT molecular complexity index is 604. The number of aryl methyl sites for hydroxylation is 1. The summed E-state index contributed by atoms with van der Waals surface area (Å²) in [6.45, 7) is 0. The fourth-order valence-corrected chi connectivity index (χ4v) is 5.34. The standard InChI is InChI=1S/C18H26N2O2S2/c1-22-17(21)15-13-10-6-7-11-14(13)24-16(15)20-18(23)19-12-8-4-2-3-5-9-12/h12H,2-11H2,1H3,(H2,19,20,23). The second kappa shape index (κ2) is 8.30. The van der Waals surface area contributed by atoms with Crippen molar-refractivity contribution < 1.29 is 9.53 Å². The van der Waals surface area contributed by atoms with Gasteiger partial charge in [-0.05, 0) is 56.3 Å². The maximum absolute atomic E-state index is 12.3. The molecule has 1 fully saturated rings. The van der Waals surface area contributed by atoms with Crippen LogP contribution in [0.25, 0.3) is 0 Å². The summed E-state index contributed by atoms with van der Waals surface area (Å²) in [5, 5.41) is 8.21. The molecule has 0 saturated heterocycles. The summed E-state index contributed by atoms with van der Waals surface area (Å²) < 4.78 is 5.01. The molecule has 2 aliphatic rings. The van der Waals surface area contributed by atoms with E-state index >= 15 is 0 Å². The summed E-state index contributed by atoms with van der Waals surface area (Å²) in [4.78, 5) is 13.6. The zero-order valence-corrected chi connectivity index (χ0v) is 15.9. The van der Waals surface area contributed by atoms with Gasteiger partial charge in [0.05, 0.1) is 12.7 Å². The minimum atomic E-state index is -0.255. The topological polar surface area (TPSA) is 50.4 Å². The van der Waals surface area contributed by atoms with Crippen molar-refractivity contribution in [3.63, 3.8) is 0 Å². The van der Waals surface area contributed by atoms with Gasteiger partial charge in [0.1, 0.15) is 5.00 Å². The quantitative estimate of drug-likeness (QED) is 0.471. The van der Waals surface area contributed by atoms with E-state index in [-0.39, 0.29) is 5.97 Å². The van der Waals surface area contributed by atoms with Crippen molar-refractivity contribution in [2.24, 2.45) is 0 Å². The number of anilines is 1. The molecule has 0 bridgehead atoms. The van der Waals surface area contributed by atoms with Crippen LogP contribution in [0.4, 0.5) is 5.00 Å². The SMILES string of the molecule is COC(=O)c1c(NC(=S)NC2CCCCCC2)sc2c1CCCC2. The smallest absolute Gasteiger partial charge is 0.341 e. The molecule has 24 heavy (non-hydrogen) atoms. The van der Waals surface area contributed by atoms with E-state index in [1.165, 1.54) is 56.9 Å². The van der Waals surface area contributed by atoms with Crippen LogP contribution in [0.2, 0.25) is 0 Å². The van der Waals surface area contributed by atoms with Crippen LogP contribution in [0.3, 0.4) is 0 Å². The Morgan fingerprint density at radius 2 is 1.83 bits per heavy atom. The number of ether oxygens (including phenoxy) is 1. The van der Waals surface area contributed by atoms with E-state index in [0.29, 0.717) is 16.7 Å². The third kappa shape index (κ3) is 4.09. The summed E-state index contributed by atoms with van der Waals surface area (Å²) in [6.07, 6.45) is 11.9. The van der Waals surface area contributed by atoms with E-state index in [4.69, 9.17) is 17.0 Å². The van der Waals surface area contributed by atoms with Crippen molar-refractivity contribution in [3.8, 4) is 0 Å². The number of carbonyl (C=O) groups is 1. The van der Waals surface area contributed by atoms with E-state index in [0.717, 1.165) is 29.8 Å². The van der Waals surface area contributed by atoms with Gasteiger partial charge in [-0.15, -0.1) is 11.3 Å². The predicted octanol–water partition coefficient (Wildman–Crippen LogP) is 4.42. The van der Waals surface area contributed by atoms with Gasteiger partial charge in [0.2, 0.25) is 0 Å². The Morgan fingerprint density at radius 3 is 2.54 bits per heavy atom. The molecule has 0 radical (unpaired) electrons. The molecule has 1 heterocycles. The number of fused-ring (bicyclic) bond motifs is 1. The zero-order valence-electron chi connectivity index (χ0n) is 14.3. The number of methoxy groups -OCH3 is 1. The fraction of sp³-hybridized carbons (Fsp3) is 0.667. The first-order chi connectivity index (χ1) is 11.7. The molecular weight excluding hydrogens is 340 g/mol. The third-order valence-electron chi connectivity index (χ3n) is 4.98. The summed E-state index contributed by atoms with van der Waals surface area (Å²) in [6, 6.07) is 0.448. The number of esters is 1. The molecule has 0 aliphatic heterocycles. The molecule has 4 nitrogen and oxygen atoms in total. The Kier molecular flexibility index (Phi) is 6.11. The van der Waals surface area contributed by atoms with Crippen LogP contribution in [0.5, 0.6) is 0 Å². The molecule has 2 aliphatic carbocycles. The number of thiocarbonyl (C=S) groups is 1. The zero-order chi connectivity index (χ0) is 16.9. The van der Waals surface area contributed by atoms with Gasteiger partial charge < -0.3 is 15.4 Å². The number of nitrogens with one attached hydrogen (secondary N) is 2. The van der Waals surface area contributed by atoms with Crippen LogP contribution in [0.1, 0.15) is 72.2 Å². The average molecular weight is 367 g/mol. The van der Waals surface area contributed by atoms with Crippen LogP contribution in [0, 0.1) is 0 Å². The highest BCUT2D eigenvalue weighted by molar-refractivity contribution is 7.80. The summed E-state index contributed by atoms with van der Waals surface area (Å²) in [5.41, 5.74) is 1.86. The first-order valence-electron chi connectivity index (χ1n) is 8.99. The van der Waals surface area contributed by atoms with Crippen LogP contribution < -0.4 is 10.6 Å². The highest BCUT2D eigenvalue weighted by atomic mass is 32.1. The largest absolute Gasteiger partial charge is 0.465 e. The van der Waals surface area contributed by atoms with Crippen LogP contribution in [-0.4, -0.2) is 24.2 Å². The molecule has 0 amide bonds. The van der Waals surface area contributed by atoms with E-state index in [1.807, 2.05) is 0 Å². The molecule has 0 aromatic carbocycles. The maximum Gasteiger partial charge on any atom is 0.341 e. The van der Waals surface area contributed by atoms with Gasteiger partial charge in [-0.3, -0.25) is 0 Å². The normalized spacial score (nSPS) is 18.4. The van der Waals surface area contributed by atoms with E-state index in [2.05, 4.69) is 10.6 Å². The number of carbonyl (C=O) groups excluding carboxylic acids is 1. The maximum atomic E-state index is 12.3. The number of hydrogen-bond donors (Lipinski definition) is 2. The third-order valence-corrected chi connectivity index (χ3v) is 6.41. The highest BCUT2D eigenvalue weighted by Gasteiger charge is 2.26. The van der Waals surface area contributed by atoms with Crippen molar-refractivity contribution in [1.82, 2.24) is 5.32 Å². The number of rotatable bonds is 3. The van der Waals surface area contributed by atoms with Gasteiger partial charge in [-0.2, -0.15) is 0 Å². The molecule has 6 heteroatoms. The lowest BCUT2D eigenvalue weighted by atomic mass is 9.95. The minimum Gasteiger partial charge on any atom is -0.465 e. The molecule has 1 aromatic rings. The molecule has 132 valence electrons. The molecule has 3 rings (SSSR count). The summed E-state index contributed by atoms with van der Waals surface area (Å²) in [5.74, 6) is -0.255. The lowest BCUT2D eigenvalue weighted by molar-refractivity contribution is 0.0601. The van der Waals surface area contributed by atoms with Gasteiger partial charge in [-0.1, -0.05) is 25.7 Å². The Balaban J connectivity index is 1.72. The first kappa shape index (κ1) is 17.7. The monoisotopic (exact) mass is 366 g/mol. The van der Waals surface area contributed by atoms with E-state index < -0.39 is 0 Å². The second-order valence-electron chi connectivity index (χ2n) is 6.69. The van der Waals surface area contributed by atoms with Crippen LogP contribution in [-0.2, 0) is 17.6 Å². The van der Waals surface area contributed by atoms with Crippen LogP contribution in [0.15, 0.2) is 0 Å². The minimum absolute atomic E-state index is 0.255. The predicted molar refractivity (Wildman–Crippen MR) is 103 cm³/mol. The molecule has 0 unspecified atom stereocenters. The molecule has 2 N–H and O–H groups in total. The number of thiophene rings is 1. The van der Waals surface area contributed by atoms with E-state index in [1.54, 1.807) is 11.3 Å². The Labute approximate surface area is 153 Å². The molecular formula is C18H26N2O2S2. The lowest BCUT2D eigenvalue weighted by Crippen LogP contribution is -2.37. The van der Waals surface area contributed by atoms with Crippen LogP contribution >= 0.6 is 23.6 Å². The van der Waals surface area contributed by atoms with Gasteiger partial charge in [0, 0.05) is 10.9 Å². The van der Waals surface area contributed by atoms with Gasteiger partial charge in [0.25, 0.3) is 0 Å². The summed E-state index contributed by atoms with van der Waals surface area (Å²) >= 11 is 7.18. The van der Waals surface area contributed by atoms with Crippen molar-refractivity contribution in [3.05, 3.63) is 16.0 Å². The summed E-state index contributed by atoms with van der Waals surface area (Å²) in [7, 11) is 1.45. The number of hydrogen-bond acceptors (Lipinski definition) is 4. The fourth-order valence-electron chi connectivity index (χ4n) is 3.72.